The second kappa shape index (κ2) is 3.63. The molecule has 0 saturated carbocycles. The Morgan fingerprint density at radius 2 is 1.91 bits per heavy atom. The van der Waals surface area contributed by atoms with Crippen LogP contribution in [0.15, 0.2) is 11.8 Å². The second-order valence-corrected chi connectivity index (χ2v) is 3.17. The minimum Gasteiger partial charge on any atom is -0.371 e. The van der Waals surface area contributed by atoms with Crippen molar-refractivity contribution in [2.75, 3.05) is 0 Å². The fraction of sp³-hybridized carbons (Fsp3) is 0.500. The molecule has 0 spiro atoms. The number of rotatable bonds is 1. The molecule has 0 aliphatic carbocycles. The van der Waals surface area contributed by atoms with Crippen LogP contribution in [0, 0.1) is 22.7 Å². The summed E-state index contributed by atoms with van der Waals surface area (Å²) in [5.74, 6) is 0. The van der Waals surface area contributed by atoms with Gasteiger partial charge in [0.1, 0.15) is 11.8 Å². The van der Waals surface area contributed by atoms with Crippen LogP contribution < -0.4 is 5.32 Å². The lowest BCUT2D eigenvalue weighted by molar-refractivity contribution is 0.481. The number of nitriles is 2. The molecule has 0 aromatic carbocycles. The molecule has 1 N–H and O–H groups in total. The molecular formula is C8H11N3. The monoisotopic (exact) mass is 149 g/mol. The Kier molecular flexibility index (Phi) is 3.14. The molecule has 0 saturated heterocycles. The minimum atomic E-state index is -0.168. The topological polar surface area (TPSA) is 59.6 Å². The van der Waals surface area contributed by atoms with Crippen LogP contribution in [0.25, 0.3) is 0 Å². The van der Waals surface area contributed by atoms with E-state index in [-0.39, 0.29) is 5.54 Å². The van der Waals surface area contributed by atoms with E-state index in [0.29, 0.717) is 5.70 Å². The van der Waals surface area contributed by atoms with Gasteiger partial charge in [-0.05, 0) is 20.8 Å². The van der Waals surface area contributed by atoms with Crippen molar-refractivity contribution in [3.63, 3.8) is 0 Å². The maximum absolute atomic E-state index is 8.49. The highest BCUT2D eigenvalue weighted by molar-refractivity contribution is 5.25. The van der Waals surface area contributed by atoms with Crippen molar-refractivity contribution in [3.8, 4) is 12.1 Å². The summed E-state index contributed by atoms with van der Waals surface area (Å²) in [6.45, 7) is 5.78. The first-order valence-corrected chi connectivity index (χ1v) is 3.27. The first kappa shape index (κ1) is 9.52. The first-order valence-electron chi connectivity index (χ1n) is 3.27. The van der Waals surface area contributed by atoms with Crippen LogP contribution in [0.5, 0.6) is 0 Å². The maximum Gasteiger partial charge on any atom is 0.124 e. The summed E-state index contributed by atoms with van der Waals surface area (Å²) in [6.07, 6.45) is 1.20. The van der Waals surface area contributed by atoms with Crippen molar-refractivity contribution in [3.05, 3.63) is 11.8 Å². The van der Waals surface area contributed by atoms with Gasteiger partial charge in [0.15, 0.2) is 0 Å². The molecule has 3 heteroatoms. The number of nitrogens with zero attached hydrogens (tertiary/aromatic N) is 2. The van der Waals surface area contributed by atoms with Crippen LogP contribution in [0.3, 0.4) is 0 Å². The van der Waals surface area contributed by atoms with Gasteiger partial charge in [0.25, 0.3) is 0 Å². The molecule has 0 aliphatic rings. The fourth-order valence-corrected chi connectivity index (χ4v) is 0.565. The highest BCUT2D eigenvalue weighted by Gasteiger charge is 2.09. The van der Waals surface area contributed by atoms with Crippen LogP contribution in [0.1, 0.15) is 20.8 Å². The molecule has 0 rings (SSSR count). The van der Waals surface area contributed by atoms with E-state index < -0.39 is 0 Å². The molecule has 0 heterocycles. The molecule has 0 aromatic rings. The highest BCUT2D eigenvalue weighted by atomic mass is 15.0. The zero-order valence-corrected chi connectivity index (χ0v) is 6.97. The SMILES string of the molecule is CC(C)(C)N/C(C#N)=C\C#N. The third kappa shape index (κ3) is 4.99. The van der Waals surface area contributed by atoms with Crippen molar-refractivity contribution in [2.45, 2.75) is 26.3 Å². The summed E-state index contributed by atoms with van der Waals surface area (Å²) in [5, 5.41) is 19.6. The van der Waals surface area contributed by atoms with E-state index in [1.165, 1.54) is 6.08 Å². The van der Waals surface area contributed by atoms with Crippen molar-refractivity contribution in [1.82, 2.24) is 5.32 Å². The maximum atomic E-state index is 8.49. The molecule has 0 aliphatic heterocycles. The second-order valence-electron chi connectivity index (χ2n) is 3.17. The zero-order valence-electron chi connectivity index (χ0n) is 6.97. The fourth-order valence-electron chi connectivity index (χ4n) is 0.565. The first-order chi connectivity index (χ1) is 4.99. The molecule has 0 radical (unpaired) electrons. The van der Waals surface area contributed by atoms with E-state index in [9.17, 15) is 0 Å². The largest absolute Gasteiger partial charge is 0.371 e. The van der Waals surface area contributed by atoms with Crippen LogP contribution in [-0.2, 0) is 0 Å². The quantitative estimate of drug-likeness (QED) is 0.572. The van der Waals surface area contributed by atoms with Gasteiger partial charge < -0.3 is 5.32 Å². The summed E-state index contributed by atoms with van der Waals surface area (Å²) in [7, 11) is 0. The Morgan fingerprint density at radius 3 is 2.18 bits per heavy atom. The van der Waals surface area contributed by atoms with E-state index in [4.69, 9.17) is 10.5 Å². The normalized spacial score (nSPS) is 11.5. The average molecular weight is 149 g/mol. The minimum absolute atomic E-state index is 0.168. The lowest BCUT2D eigenvalue weighted by atomic mass is 10.1. The predicted octanol–water partition coefficient (Wildman–Crippen LogP) is 1.31. The lowest BCUT2D eigenvalue weighted by Crippen LogP contribution is -2.34. The van der Waals surface area contributed by atoms with Gasteiger partial charge in [0.05, 0.1) is 6.07 Å². The predicted molar refractivity (Wildman–Crippen MR) is 42.2 cm³/mol. The summed E-state index contributed by atoms with van der Waals surface area (Å²) in [4.78, 5) is 0. The van der Waals surface area contributed by atoms with Gasteiger partial charge in [-0.3, -0.25) is 0 Å². The molecule has 0 atom stereocenters. The Hall–Kier alpha value is -1.48. The third-order valence-corrected chi connectivity index (χ3v) is 0.839. The smallest absolute Gasteiger partial charge is 0.124 e. The number of allylic oxidation sites excluding steroid dienone is 2. The molecule has 3 nitrogen and oxygen atoms in total. The van der Waals surface area contributed by atoms with Crippen LogP contribution in [0.4, 0.5) is 0 Å². The molecule has 58 valence electrons. The Balaban J connectivity index is 4.28. The molecule has 0 aromatic heterocycles. The highest BCUT2D eigenvalue weighted by Crippen LogP contribution is 2.02. The van der Waals surface area contributed by atoms with Crippen molar-refractivity contribution < 1.29 is 0 Å². The van der Waals surface area contributed by atoms with E-state index in [2.05, 4.69) is 5.32 Å². The van der Waals surface area contributed by atoms with Gasteiger partial charge in [-0.25, -0.2) is 0 Å². The van der Waals surface area contributed by atoms with Crippen molar-refractivity contribution in [2.24, 2.45) is 0 Å². The van der Waals surface area contributed by atoms with E-state index >= 15 is 0 Å². The number of hydrogen-bond acceptors (Lipinski definition) is 3. The average Bonchev–Trinajstić information content (AvgIpc) is 1.84. The Morgan fingerprint density at radius 1 is 1.36 bits per heavy atom. The van der Waals surface area contributed by atoms with Crippen LogP contribution in [0.2, 0.25) is 0 Å². The third-order valence-electron chi connectivity index (χ3n) is 0.839. The van der Waals surface area contributed by atoms with E-state index in [1.54, 1.807) is 6.07 Å². The summed E-state index contributed by atoms with van der Waals surface area (Å²) in [5.41, 5.74) is 0.137. The van der Waals surface area contributed by atoms with E-state index in [1.807, 2.05) is 26.8 Å². The molecule has 0 amide bonds. The van der Waals surface area contributed by atoms with Crippen LogP contribution >= 0.6 is 0 Å². The van der Waals surface area contributed by atoms with Gasteiger partial charge in [0, 0.05) is 11.6 Å². The van der Waals surface area contributed by atoms with Gasteiger partial charge in [-0.1, -0.05) is 0 Å². The summed E-state index contributed by atoms with van der Waals surface area (Å²) in [6, 6.07) is 3.68. The molecule has 0 bridgehead atoms. The van der Waals surface area contributed by atoms with E-state index in [0.717, 1.165) is 0 Å². The van der Waals surface area contributed by atoms with Gasteiger partial charge in [0.2, 0.25) is 0 Å². The van der Waals surface area contributed by atoms with Crippen LogP contribution in [-0.4, -0.2) is 5.54 Å². The summed E-state index contributed by atoms with van der Waals surface area (Å²) < 4.78 is 0. The Labute approximate surface area is 66.9 Å². The summed E-state index contributed by atoms with van der Waals surface area (Å²) >= 11 is 0. The zero-order chi connectivity index (χ0) is 8.91. The van der Waals surface area contributed by atoms with Crippen molar-refractivity contribution in [1.29, 1.82) is 10.5 Å². The van der Waals surface area contributed by atoms with Gasteiger partial charge in [-0.2, -0.15) is 10.5 Å². The number of nitrogens with one attached hydrogen (secondary N) is 1. The molecule has 11 heavy (non-hydrogen) atoms. The number of hydrogen-bond donors (Lipinski definition) is 1. The van der Waals surface area contributed by atoms with Gasteiger partial charge >= 0.3 is 0 Å². The Bertz CT molecular complexity index is 232. The van der Waals surface area contributed by atoms with Gasteiger partial charge in [-0.15, -0.1) is 0 Å². The standard InChI is InChI=1S/C8H11N3/c1-8(2,3)11-7(6-10)4-5-9/h4,11H,1-3H3/b7-4-. The molecular weight excluding hydrogens is 138 g/mol. The molecule has 0 fully saturated rings. The molecule has 0 unspecified atom stereocenters. The lowest BCUT2D eigenvalue weighted by Gasteiger charge is -2.20. The van der Waals surface area contributed by atoms with Crippen molar-refractivity contribution >= 4 is 0 Å².